The molecule has 0 saturated carbocycles. The standard InChI is InChI=1S/C13H12ClFS/c1-8-3-5-10(7-11(8)15)13(14)12-6-4-9(2)16-12/h3-7,13H,1-2H3. The molecule has 0 radical (unpaired) electrons. The number of alkyl halides is 1. The van der Waals surface area contributed by atoms with Gasteiger partial charge in [-0.3, -0.25) is 0 Å². The number of thiophene rings is 1. The molecule has 16 heavy (non-hydrogen) atoms. The third-order valence-electron chi connectivity index (χ3n) is 2.50. The van der Waals surface area contributed by atoms with Crippen LogP contribution >= 0.6 is 22.9 Å². The SMILES string of the molecule is Cc1ccc(C(Cl)c2ccc(C)c(F)c2)s1. The minimum Gasteiger partial charge on any atom is -0.207 e. The molecule has 0 aliphatic carbocycles. The van der Waals surface area contributed by atoms with Crippen molar-refractivity contribution in [3.8, 4) is 0 Å². The molecule has 0 saturated heterocycles. The van der Waals surface area contributed by atoms with E-state index in [1.165, 1.54) is 10.9 Å². The van der Waals surface area contributed by atoms with Gasteiger partial charge in [-0.1, -0.05) is 12.1 Å². The first kappa shape index (κ1) is 11.6. The van der Waals surface area contributed by atoms with Crippen LogP contribution in [0, 0.1) is 19.7 Å². The minimum absolute atomic E-state index is 0.198. The van der Waals surface area contributed by atoms with Crippen LogP contribution in [-0.2, 0) is 0 Å². The highest BCUT2D eigenvalue weighted by atomic mass is 35.5. The van der Waals surface area contributed by atoms with E-state index in [0.717, 1.165) is 10.4 Å². The van der Waals surface area contributed by atoms with Crippen molar-refractivity contribution < 1.29 is 4.39 Å². The lowest BCUT2D eigenvalue weighted by Crippen LogP contribution is -1.92. The molecule has 0 fully saturated rings. The largest absolute Gasteiger partial charge is 0.207 e. The van der Waals surface area contributed by atoms with Gasteiger partial charge in [-0.05, 0) is 43.2 Å². The molecule has 1 atom stereocenters. The lowest BCUT2D eigenvalue weighted by Gasteiger charge is -2.08. The summed E-state index contributed by atoms with van der Waals surface area (Å²) >= 11 is 7.96. The molecule has 0 bridgehead atoms. The van der Waals surface area contributed by atoms with Gasteiger partial charge in [-0.15, -0.1) is 22.9 Å². The first-order chi connectivity index (χ1) is 7.58. The zero-order valence-corrected chi connectivity index (χ0v) is 10.7. The van der Waals surface area contributed by atoms with Crippen LogP contribution in [0.3, 0.4) is 0 Å². The first-order valence-electron chi connectivity index (χ1n) is 5.04. The number of hydrogen-bond acceptors (Lipinski definition) is 1. The van der Waals surface area contributed by atoms with Crippen molar-refractivity contribution in [2.45, 2.75) is 19.2 Å². The Morgan fingerprint density at radius 1 is 1.19 bits per heavy atom. The summed E-state index contributed by atoms with van der Waals surface area (Å²) in [7, 11) is 0. The Bertz CT molecular complexity index is 504. The number of rotatable bonds is 2. The highest BCUT2D eigenvalue weighted by Gasteiger charge is 2.13. The van der Waals surface area contributed by atoms with Gasteiger partial charge in [-0.2, -0.15) is 0 Å². The third kappa shape index (κ3) is 2.28. The van der Waals surface area contributed by atoms with Crippen molar-refractivity contribution >= 4 is 22.9 Å². The van der Waals surface area contributed by atoms with E-state index < -0.39 is 0 Å². The zero-order valence-electron chi connectivity index (χ0n) is 9.13. The number of hydrogen-bond donors (Lipinski definition) is 0. The molecular formula is C13H12ClFS. The number of benzene rings is 1. The van der Waals surface area contributed by atoms with Gasteiger partial charge in [0.15, 0.2) is 0 Å². The van der Waals surface area contributed by atoms with Gasteiger partial charge in [-0.25, -0.2) is 4.39 Å². The van der Waals surface area contributed by atoms with Crippen LogP contribution in [0.25, 0.3) is 0 Å². The monoisotopic (exact) mass is 254 g/mol. The Balaban J connectivity index is 2.33. The van der Waals surface area contributed by atoms with E-state index in [1.54, 1.807) is 24.3 Å². The fraction of sp³-hybridized carbons (Fsp3) is 0.231. The fourth-order valence-electron chi connectivity index (χ4n) is 1.52. The number of aryl methyl sites for hydroxylation is 2. The molecule has 1 unspecified atom stereocenters. The smallest absolute Gasteiger partial charge is 0.126 e. The van der Waals surface area contributed by atoms with Crippen molar-refractivity contribution in [3.63, 3.8) is 0 Å². The second-order valence-electron chi connectivity index (χ2n) is 3.82. The minimum atomic E-state index is -0.256. The Labute approximate surface area is 104 Å². The summed E-state index contributed by atoms with van der Waals surface area (Å²) in [5.74, 6) is -0.198. The molecule has 84 valence electrons. The molecule has 0 nitrogen and oxygen atoms in total. The van der Waals surface area contributed by atoms with Crippen LogP contribution < -0.4 is 0 Å². The van der Waals surface area contributed by atoms with E-state index in [1.807, 2.05) is 25.1 Å². The van der Waals surface area contributed by atoms with Crippen molar-refractivity contribution in [3.05, 3.63) is 57.0 Å². The maximum absolute atomic E-state index is 13.4. The van der Waals surface area contributed by atoms with E-state index in [-0.39, 0.29) is 11.2 Å². The van der Waals surface area contributed by atoms with Crippen molar-refractivity contribution in [2.75, 3.05) is 0 Å². The lowest BCUT2D eigenvalue weighted by molar-refractivity contribution is 0.616. The summed E-state index contributed by atoms with van der Waals surface area (Å²) in [6.45, 7) is 3.78. The molecule has 0 spiro atoms. The Morgan fingerprint density at radius 3 is 2.50 bits per heavy atom. The number of halogens is 2. The van der Waals surface area contributed by atoms with E-state index >= 15 is 0 Å². The summed E-state index contributed by atoms with van der Waals surface area (Å²) in [4.78, 5) is 2.27. The second-order valence-corrected chi connectivity index (χ2v) is 5.58. The summed E-state index contributed by atoms with van der Waals surface area (Å²) in [6.07, 6.45) is 0. The summed E-state index contributed by atoms with van der Waals surface area (Å²) in [6, 6.07) is 9.18. The molecule has 0 aliphatic heterocycles. The normalized spacial score (nSPS) is 12.8. The molecule has 2 aromatic rings. The predicted octanol–water partition coefficient (Wildman–Crippen LogP) is 4.83. The maximum atomic E-state index is 13.4. The highest BCUT2D eigenvalue weighted by Crippen LogP contribution is 2.33. The van der Waals surface area contributed by atoms with E-state index in [4.69, 9.17) is 11.6 Å². The Hall–Kier alpha value is -0.860. The Morgan fingerprint density at radius 2 is 1.94 bits per heavy atom. The van der Waals surface area contributed by atoms with Gasteiger partial charge in [0, 0.05) is 9.75 Å². The van der Waals surface area contributed by atoms with Crippen LogP contribution in [0.4, 0.5) is 4.39 Å². The molecule has 1 aromatic heterocycles. The van der Waals surface area contributed by atoms with Crippen LogP contribution in [0.2, 0.25) is 0 Å². The summed E-state index contributed by atoms with van der Waals surface area (Å²) in [5.41, 5.74) is 1.46. The molecule has 0 N–H and O–H groups in total. The summed E-state index contributed by atoms with van der Waals surface area (Å²) < 4.78 is 13.4. The fourth-order valence-corrected chi connectivity index (χ4v) is 2.75. The van der Waals surface area contributed by atoms with Gasteiger partial charge >= 0.3 is 0 Å². The van der Waals surface area contributed by atoms with Gasteiger partial charge in [0.1, 0.15) is 5.82 Å². The third-order valence-corrected chi connectivity index (χ3v) is 4.18. The van der Waals surface area contributed by atoms with E-state index in [2.05, 4.69) is 0 Å². The second kappa shape index (κ2) is 4.56. The maximum Gasteiger partial charge on any atom is 0.126 e. The van der Waals surface area contributed by atoms with Gasteiger partial charge in [0.2, 0.25) is 0 Å². The van der Waals surface area contributed by atoms with Gasteiger partial charge in [0.25, 0.3) is 0 Å². The molecule has 3 heteroatoms. The average molecular weight is 255 g/mol. The van der Waals surface area contributed by atoms with Gasteiger partial charge in [0.05, 0.1) is 5.38 Å². The molecule has 1 heterocycles. The van der Waals surface area contributed by atoms with Crippen LogP contribution in [0.1, 0.15) is 26.3 Å². The quantitative estimate of drug-likeness (QED) is 0.673. The van der Waals surface area contributed by atoms with Crippen LogP contribution in [-0.4, -0.2) is 0 Å². The topological polar surface area (TPSA) is 0 Å². The molecule has 1 aromatic carbocycles. The molecule has 2 rings (SSSR count). The highest BCUT2D eigenvalue weighted by molar-refractivity contribution is 7.12. The first-order valence-corrected chi connectivity index (χ1v) is 6.29. The van der Waals surface area contributed by atoms with Gasteiger partial charge < -0.3 is 0 Å². The Kier molecular flexibility index (Phi) is 3.31. The van der Waals surface area contributed by atoms with E-state index in [9.17, 15) is 4.39 Å². The molecular weight excluding hydrogens is 243 g/mol. The van der Waals surface area contributed by atoms with Crippen LogP contribution in [0.15, 0.2) is 30.3 Å². The van der Waals surface area contributed by atoms with Crippen LogP contribution in [0.5, 0.6) is 0 Å². The molecule has 0 amide bonds. The lowest BCUT2D eigenvalue weighted by atomic mass is 10.1. The van der Waals surface area contributed by atoms with Crippen molar-refractivity contribution in [1.29, 1.82) is 0 Å². The summed E-state index contributed by atoms with van der Waals surface area (Å²) in [5, 5.41) is -0.256. The van der Waals surface area contributed by atoms with E-state index in [0.29, 0.717) is 5.56 Å². The predicted molar refractivity (Wildman–Crippen MR) is 67.9 cm³/mol. The zero-order chi connectivity index (χ0) is 11.7. The van der Waals surface area contributed by atoms with Crippen molar-refractivity contribution in [2.24, 2.45) is 0 Å². The van der Waals surface area contributed by atoms with Crippen molar-refractivity contribution in [1.82, 2.24) is 0 Å². The average Bonchev–Trinajstić information content (AvgIpc) is 2.68. The molecule has 0 aliphatic rings.